The SMILES string of the molecule is CN(Cc1c(-c2c(Cl)cccc2Cl)noc1C1CC1)C1CC2(C1)CC1CCC(C2)N1c1ccc2c(C(=O)O)cn(C)c2c1. The fourth-order valence-electron chi connectivity index (χ4n) is 8.59. The standard InChI is InChI=1S/C34H36Cl2N4O3/c1-38(18-26-31(37-43-32(26)19-6-7-19)30-27(35)4-3-5-28(30)36)23-15-34(16-23)13-21-8-9-22(14-34)40(21)20-10-11-24-25(33(41)42)17-39(2)29(24)12-20/h3-5,10-12,17,19,21-23H,6-9,13-16,18H2,1-2H3,(H,41,42). The molecule has 9 heteroatoms. The normalized spacial score (nSPS) is 26.5. The topological polar surface area (TPSA) is 74.7 Å². The molecule has 2 unspecified atom stereocenters. The number of halogens is 2. The lowest BCUT2D eigenvalue weighted by molar-refractivity contribution is -0.0199. The van der Waals surface area contributed by atoms with Crippen LogP contribution in [-0.2, 0) is 13.6 Å². The van der Waals surface area contributed by atoms with Crippen molar-refractivity contribution in [3.8, 4) is 11.3 Å². The molecule has 4 heterocycles. The first-order chi connectivity index (χ1) is 20.7. The zero-order valence-corrected chi connectivity index (χ0v) is 26.0. The minimum Gasteiger partial charge on any atom is -0.478 e. The Labute approximate surface area is 261 Å². The molecule has 0 amide bonds. The van der Waals surface area contributed by atoms with Crippen molar-refractivity contribution in [3.05, 3.63) is 69.5 Å². The zero-order valence-electron chi connectivity index (χ0n) is 24.5. The number of piperidine rings is 1. The lowest BCUT2D eigenvalue weighted by Gasteiger charge is -2.57. The molecular weight excluding hydrogens is 583 g/mol. The Kier molecular flexibility index (Phi) is 6.41. The molecule has 4 fully saturated rings. The Morgan fingerprint density at radius 2 is 1.77 bits per heavy atom. The average molecular weight is 620 g/mol. The van der Waals surface area contributed by atoms with E-state index in [1.807, 2.05) is 35.9 Å². The van der Waals surface area contributed by atoms with Gasteiger partial charge in [0.05, 0.1) is 21.1 Å². The van der Waals surface area contributed by atoms with Gasteiger partial charge in [-0.1, -0.05) is 34.4 Å². The van der Waals surface area contributed by atoms with E-state index < -0.39 is 5.97 Å². The molecule has 2 aliphatic carbocycles. The van der Waals surface area contributed by atoms with Crippen LogP contribution in [0.15, 0.2) is 47.1 Å². The first-order valence-corrected chi connectivity index (χ1v) is 16.2. The van der Waals surface area contributed by atoms with Crippen LogP contribution in [0.2, 0.25) is 10.0 Å². The minimum absolute atomic E-state index is 0.367. The summed E-state index contributed by atoms with van der Waals surface area (Å²) < 4.78 is 7.88. The summed E-state index contributed by atoms with van der Waals surface area (Å²) in [5, 5.41) is 16.1. The van der Waals surface area contributed by atoms with Crippen LogP contribution in [0.5, 0.6) is 0 Å². The van der Waals surface area contributed by atoms with Crippen molar-refractivity contribution in [2.45, 2.75) is 82.0 Å². The fraction of sp³-hybridized carbons (Fsp3) is 0.471. The van der Waals surface area contributed by atoms with Crippen molar-refractivity contribution >= 4 is 45.8 Å². The quantitative estimate of drug-likeness (QED) is 0.225. The van der Waals surface area contributed by atoms with Crippen LogP contribution in [-0.4, -0.2) is 50.9 Å². The second-order valence-electron chi connectivity index (χ2n) is 13.6. The van der Waals surface area contributed by atoms with Gasteiger partial charge >= 0.3 is 5.97 Å². The molecule has 4 aliphatic rings. The number of carboxylic acids is 1. The van der Waals surface area contributed by atoms with Crippen LogP contribution in [0.1, 0.15) is 79.0 Å². The number of aryl methyl sites for hydroxylation is 1. The van der Waals surface area contributed by atoms with Crippen LogP contribution in [0.25, 0.3) is 22.2 Å². The van der Waals surface area contributed by atoms with Crippen molar-refractivity contribution in [3.63, 3.8) is 0 Å². The molecule has 43 heavy (non-hydrogen) atoms. The van der Waals surface area contributed by atoms with E-state index in [0.717, 1.165) is 52.9 Å². The summed E-state index contributed by atoms with van der Waals surface area (Å²) in [5.74, 6) is 0.576. The molecular formula is C34H36Cl2N4O3. The number of benzene rings is 2. The summed E-state index contributed by atoms with van der Waals surface area (Å²) in [6.07, 6.45) is 11.3. The summed E-state index contributed by atoms with van der Waals surface area (Å²) in [6.45, 7) is 0.779. The molecule has 7 nitrogen and oxygen atoms in total. The highest BCUT2D eigenvalue weighted by atomic mass is 35.5. The van der Waals surface area contributed by atoms with Gasteiger partial charge in [0.15, 0.2) is 0 Å². The second-order valence-corrected chi connectivity index (χ2v) is 14.4. The Morgan fingerprint density at radius 1 is 1.07 bits per heavy atom. The van der Waals surface area contributed by atoms with Crippen molar-refractivity contribution in [1.29, 1.82) is 0 Å². The van der Waals surface area contributed by atoms with Crippen molar-refractivity contribution in [2.75, 3.05) is 11.9 Å². The van der Waals surface area contributed by atoms with Gasteiger partial charge < -0.3 is 19.1 Å². The number of rotatable bonds is 7. The van der Waals surface area contributed by atoms with E-state index in [1.165, 1.54) is 44.2 Å². The van der Waals surface area contributed by atoms with Gasteiger partial charge in [0.25, 0.3) is 0 Å². The van der Waals surface area contributed by atoms with E-state index in [9.17, 15) is 9.90 Å². The largest absolute Gasteiger partial charge is 0.478 e. The maximum Gasteiger partial charge on any atom is 0.337 e. The van der Waals surface area contributed by atoms with Gasteiger partial charge in [-0.3, -0.25) is 4.90 Å². The Bertz CT molecular complexity index is 1720. The first-order valence-electron chi connectivity index (χ1n) is 15.4. The molecule has 0 radical (unpaired) electrons. The molecule has 2 bridgehead atoms. The Balaban J connectivity index is 0.986. The van der Waals surface area contributed by atoms with Gasteiger partial charge in [-0.15, -0.1) is 0 Å². The molecule has 2 saturated heterocycles. The third kappa shape index (κ3) is 4.49. The molecule has 4 aromatic rings. The van der Waals surface area contributed by atoms with E-state index in [1.54, 1.807) is 6.20 Å². The summed E-state index contributed by atoms with van der Waals surface area (Å²) in [4.78, 5) is 16.9. The Morgan fingerprint density at radius 3 is 2.42 bits per heavy atom. The number of carbonyl (C=O) groups is 1. The van der Waals surface area contributed by atoms with Gasteiger partial charge in [-0.05, 0) is 94.2 Å². The summed E-state index contributed by atoms with van der Waals surface area (Å²) in [6, 6.07) is 13.5. The summed E-state index contributed by atoms with van der Waals surface area (Å²) in [7, 11) is 4.17. The van der Waals surface area contributed by atoms with Crippen molar-refractivity contribution < 1.29 is 14.4 Å². The molecule has 8 rings (SSSR count). The van der Waals surface area contributed by atoms with Crippen LogP contribution in [0.3, 0.4) is 0 Å². The summed E-state index contributed by atoms with van der Waals surface area (Å²) in [5.41, 5.74) is 5.67. The van der Waals surface area contributed by atoms with E-state index in [4.69, 9.17) is 27.7 Å². The van der Waals surface area contributed by atoms with Gasteiger partial charge in [-0.2, -0.15) is 0 Å². The maximum atomic E-state index is 11.7. The third-order valence-corrected chi connectivity index (χ3v) is 11.4. The number of fused-ring (bicyclic) bond motifs is 3. The van der Waals surface area contributed by atoms with E-state index in [0.29, 0.717) is 45.1 Å². The highest BCUT2D eigenvalue weighted by Crippen LogP contribution is 2.58. The number of aromatic carboxylic acids is 1. The molecule has 1 spiro atoms. The first kappa shape index (κ1) is 27.5. The van der Waals surface area contributed by atoms with Crippen LogP contribution < -0.4 is 4.90 Å². The lowest BCUT2D eigenvalue weighted by Crippen LogP contribution is -2.57. The number of anilines is 1. The molecule has 224 valence electrons. The fourth-order valence-corrected chi connectivity index (χ4v) is 9.17. The molecule has 2 aromatic carbocycles. The van der Waals surface area contributed by atoms with Crippen LogP contribution in [0.4, 0.5) is 5.69 Å². The molecule has 2 aliphatic heterocycles. The number of hydrogen-bond donors (Lipinski definition) is 1. The van der Waals surface area contributed by atoms with Crippen LogP contribution in [0, 0.1) is 5.41 Å². The highest BCUT2D eigenvalue weighted by molar-refractivity contribution is 6.39. The van der Waals surface area contributed by atoms with Gasteiger partial charge in [-0.25, -0.2) is 4.79 Å². The predicted molar refractivity (Wildman–Crippen MR) is 169 cm³/mol. The minimum atomic E-state index is -0.875. The number of aromatic nitrogens is 2. The molecule has 2 aromatic heterocycles. The van der Waals surface area contributed by atoms with Gasteiger partial charge in [0, 0.05) is 66.0 Å². The predicted octanol–water partition coefficient (Wildman–Crippen LogP) is 8.13. The summed E-state index contributed by atoms with van der Waals surface area (Å²) >= 11 is 13.2. The molecule has 2 saturated carbocycles. The van der Waals surface area contributed by atoms with Crippen molar-refractivity contribution in [2.24, 2.45) is 12.5 Å². The Hall–Kier alpha value is -3.00. The van der Waals surface area contributed by atoms with Crippen LogP contribution >= 0.6 is 23.2 Å². The number of hydrogen-bond acceptors (Lipinski definition) is 5. The average Bonchev–Trinajstić information content (AvgIpc) is 3.56. The third-order valence-electron chi connectivity index (χ3n) is 10.8. The van der Waals surface area contributed by atoms with Crippen molar-refractivity contribution in [1.82, 2.24) is 14.6 Å². The number of carboxylic acid groups (broad SMARTS) is 1. The lowest BCUT2D eigenvalue weighted by atomic mass is 9.58. The van der Waals surface area contributed by atoms with E-state index in [2.05, 4.69) is 34.1 Å². The van der Waals surface area contributed by atoms with Gasteiger partial charge in [0.2, 0.25) is 0 Å². The second kappa shape index (κ2) is 10.0. The number of nitrogens with zero attached hydrogens (tertiary/aromatic N) is 4. The molecule has 2 atom stereocenters. The smallest absolute Gasteiger partial charge is 0.337 e. The van der Waals surface area contributed by atoms with E-state index >= 15 is 0 Å². The monoisotopic (exact) mass is 618 g/mol. The molecule has 1 N–H and O–H groups in total. The van der Waals surface area contributed by atoms with Gasteiger partial charge in [0.1, 0.15) is 11.5 Å². The maximum absolute atomic E-state index is 11.7. The zero-order chi connectivity index (χ0) is 29.6. The highest BCUT2D eigenvalue weighted by Gasteiger charge is 2.55. The van der Waals surface area contributed by atoms with E-state index in [-0.39, 0.29) is 0 Å².